The summed E-state index contributed by atoms with van der Waals surface area (Å²) in [6, 6.07) is -0.544. The number of aliphatic hydroxyl groups excluding tert-OH is 1. The van der Waals surface area contributed by atoms with Gasteiger partial charge in [0.2, 0.25) is 0 Å². The molecule has 0 bridgehead atoms. The van der Waals surface area contributed by atoms with E-state index in [0.29, 0.717) is 6.42 Å². The van der Waals surface area contributed by atoms with E-state index in [2.05, 4.69) is 0 Å². The summed E-state index contributed by atoms with van der Waals surface area (Å²) in [5, 5.41) is 8.56. The average Bonchev–Trinajstić information content (AvgIpc) is 2.46. The number of imide groups is 2. The lowest BCUT2D eigenvalue weighted by molar-refractivity contribution is -0.142. The van der Waals surface area contributed by atoms with Crippen LogP contribution in [-0.4, -0.2) is 53.0 Å². The number of amides is 4. The summed E-state index contributed by atoms with van der Waals surface area (Å²) in [5.74, 6) is -1.50. The maximum Gasteiger partial charge on any atom is 0.333 e. The highest BCUT2D eigenvalue weighted by Crippen LogP contribution is 2.11. The third-order valence-electron chi connectivity index (χ3n) is 2.54. The quantitative estimate of drug-likeness (QED) is 0.393. The van der Waals surface area contributed by atoms with Gasteiger partial charge in [0, 0.05) is 20.2 Å². The lowest BCUT2D eigenvalue weighted by Crippen LogP contribution is -2.32. The maximum absolute atomic E-state index is 11.4. The SMILES string of the molecule is CN1C(=O)C(=O)N(CCCCCCO)C1=O. The molecule has 0 saturated carbocycles. The van der Waals surface area contributed by atoms with Crippen LogP contribution in [0.4, 0.5) is 4.79 Å². The van der Waals surface area contributed by atoms with Crippen molar-refractivity contribution < 1.29 is 19.5 Å². The van der Waals surface area contributed by atoms with Crippen LogP contribution in [-0.2, 0) is 9.59 Å². The molecule has 1 fully saturated rings. The van der Waals surface area contributed by atoms with Crippen LogP contribution >= 0.6 is 0 Å². The number of nitrogens with zero attached hydrogens (tertiary/aromatic N) is 2. The van der Waals surface area contributed by atoms with Crippen molar-refractivity contribution in [3.8, 4) is 0 Å². The molecular weight excluding hydrogens is 212 g/mol. The Hall–Kier alpha value is -1.43. The molecule has 0 aromatic carbocycles. The zero-order valence-electron chi connectivity index (χ0n) is 9.31. The predicted molar refractivity (Wildman–Crippen MR) is 55.4 cm³/mol. The summed E-state index contributed by atoms with van der Waals surface area (Å²) in [6.45, 7) is 0.433. The van der Waals surface area contributed by atoms with Gasteiger partial charge in [-0.15, -0.1) is 0 Å². The highest BCUT2D eigenvalue weighted by Gasteiger charge is 2.41. The van der Waals surface area contributed by atoms with Crippen molar-refractivity contribution in [2.75, 3.05) is 20.2 Å². The van der Waals surface area contributed by atoms with Gasteiger partial charge < -0.3 is 5.11 Å². The minimum absolute atomic E-state index is 0.156. The van der Waals surface area contributed by atoms with E-state index in [0.717, 1.165) is 29.1 Å². The van der Waals surface area contributed by atoms with E-state index in [4.69, 9.17) is 5.11 Å². The van der Waals surface area contributed by atoms with E-state index in [1.165, 1.54) is 7.05 Å². The summed E-state index contributed by atoms with van der Waals surface area (Å²) < 4.78 is 0. The Labute approximate surface area is 93.8 Å². The molecule has 1 aliphatic rings. The zero-order chi connectivity index (χ0) is 12.1. The fourth-order valence-electron chi connectivity index (χ4n) is 1.55. The van der Waals surface area contributed by atoms with Gasteiger partial charge >= 0.3 is 17.8 Å². The summed E-state index contributed by atoms with van der Waals surface area (Å²) in [7, 11) is 1.30. The lowest BCUT2D eigenvalue weighted by Gasteiger charge is -2.12. The first kappa shape index (κ1) is 12.6. The van der Waals surface area contributed by atoms with Crippen LogP contribution in [0, 0.1) is 0 Å². The molecule has 0 unspecified atom stereocenters. The second-order valence-electron chi connectivity index (χ2n) is 3.74. The topological polar surface area (TPSA) is 77.9 Å². The van der Waals surface area contributed by atoms with Gasteiger partial charge in [0.15, 0.2) is 0 Å². The fourth-order valence-corrected chi connectivity index (χ4v) is 1.55. The first-order valence-electron chi connectivity index (χ1n) is 5.34. The summed E-state index contributed by atoms with van der Waals surface area (Å²) in [4.78, 5) is 35.7. The Kier molecular flexibility index (Phi) is 4.42. The summed E-state index contributed by atoms with van der Waals surface area (Å²) in [6.07, 6.45) is 3.07. The second-order valence-corrected chi connectivity index (χ2v) is 3.74. The van der Waals surface area contributed by atoms with E-state index < -0.39 is 17.8 Å². The smallest absolute Gasteiger partial charge is 0.333 e. The molecular formula is C10H16N2O4. The van der Waals surface area contributed by atoms with Crippen LogP contribution in [0.3, 0.4) is 0 Å². The molecule has 1 rings (SSSR count). The number of hydrogen-bond acceptors (Lipinski definition) is 4. The Morgan fingerprint density at radius 2 is 1.62 bits per heavy atom. The summed E-state index contributed by atoms with van der Waals surface area (Å²) >= 11 is 0. The van der Waals surface area contributed by atoms with E-state index in [9.17, 15) is 14.4 Å². The first-order valence-corrected chi connectivity index (χ1v) is 5.34. The molecule has 90 valence electrons. The number of aliphatic hydroxyl groups is 1. The summed E-state index contributed by atoms with van der Waals surface area (Å²) in [5.41, 5.74) is 0. The molecule has 0 aromatic heterocycles. The minimum atomic E-state index is -0.764. The Morgan fingerprint density at radius 3 is 2.12 bits per heavy atom. The highest BCUT2D eigenvalue weighted by atomic mass is 16.3. The molecule has 6 heteroatoms. The van der Waals surface area contributed by atoms with Gasteiger partial charge in [-0.3, -0.25) is 19.4 Å². The normalized spacial score (nSPS) is 16.5. The number of carbonyl (C=O) groups is 3. The standard InChI is InChI=1S/C10H16N2O4/c1-11-8(14)9(15)12(10(11)16)6-4-2-3-5-7-13/h13H,2-7H2,1H3. The van der Waals surface area contributed by atoms with Crippen LogP contribution in [0.5, 0.6) is 0 Å². The van der Waals surface area contributed by atoms with Crippen LogP contribution in [0.25, 0.3) is 0 Å². The number of urea groups is 1. The van der Waals surface area contributed by atoms with Gasteiger partial charge in [-0.05, 0) is 12.8 Å². The van der Waals surface area contributed by atoms with Crippen molar-refractivity contribution in [1.29, 1.82) is 0 Å². The zero-order valence-corrected chi connectivity index (χ0v) is 9.31. The molecule has 0 aliphatic carbocycles. The van der Waals surface area contributed by atoms with Crippen molar-refractivity contribution >= 4 is 17.8 Å². The molecule has 1 heterocycles. The number of unbranched alkanes of at least 4 members (excludes halogenated alkanes) is 3. The monoisotopic (exact) mass is 228 g/mol. The molecule has 16 heavy (non-hydrogen) atoms. The number of hydrogen-bond donors (Lipinski definition) is 1. The molecule has 4 amide bonds. The Morgan fingerprint density at radius 1 is 1.00 bits per heavy atom. The van der Waals surface area contributed by atoms with Crippen molar-refractivity contribution in [2.24, 2.45) is 0 Å². The van der Waals surface area contributed by atoms with Gasteiger partial charge in [0.25, 0.3) is 0 Å². The molecule has 1 saturated heterocycles. The van der Waals surface area contributed by atoms with Gasteiger partial charge in [-0.2, -0.15) is 0 Å². The van der Waals surface area contributed by atoms with Crippen LogP contribution in [0.15, 0.2) is 0 Å². The van der Waals surface area contributed by atoms with Crippen LogP contribution in [0.2, 0.25) is 0 Å². The predicted octanol–water partition coefficient (Wildman–Crippen LogP) is -0.0403. The lowest BCUT2D eigenvalue weighted by atomic mass is 10.2. The van der Waals surface area contributed by atoms with Gasteiger partial charge in [0.05, 0.1) is 0 Å². The third kappa shape index (κ3) is 2.57. The van der Waals surface area contributed by atoms with Crippen LogP contribution < -0.4 is 0 Å². The van der Waals surface area contributed by atoms with Gasteiger partial charge in [0.1, 0.15) is 0 Å². The van der Waals surface area contributed by atoms with E-state index in [-0.39, 0.29) is 13.2 Å². The molecule has 0 radical (unpaired) electrons. The van der Waals surface area contributed by atoms with Crippen molar-refractivity contribution in [3.63, 3.8) is 0 Å². The highest BCUT2D eigenvalue weighted by molar-refractivity contribution is 6.44. The number of carbonyl (C=O) groups excluding carboxylic acids is 3. The minimum Gasteiger partial charge on any atom is -0.396 e. The van der Waals surface area contributed by atoms with Gasteiger partial charge in [-0.1, -0.05) is 12.8 Å². The molecule has 1 aliphatic heterocycles. The maximum atomic E-state index is 11.4. The first-order chi connectivity index (χ1) is 7.59. The van der Waals surface area contributed by atoms with E-state index >= 15 is 0 Å². The number of likely N-dealkylation sites (N-methyl/N-ethyl adjacent to an activating group) is 1. The fraction of sp³-hybridized carbons (Fsp3) is 0.700. The average molecular weight is 228 g/mol. The molecule has 0 atom stereocenters. The molecule has 6 nitrogen and oxygen atoms in total. The van der Waals surface area contributed by atoms with E-state index in [1.54, 1.807) is 0 Å². The van der Waals surface area contributed by atoms with Crippen LogP contribution in [0.1, 0.15) is 25.7 Å². The molecule has 0 aromatic rings. The number of rotatable bonds is 6. The third-order valence-corrected chi connectivity index (χ3v) is 2.54. The second kappa shape index (κ2) is 5.60. The molecule has 1 N–H and O–H groups in total. The molecule has 0 spiro atoms. The largest absolute Gasteiger partial charge is 0.396 e. The van der Waals surface area contributed by atoms with Crippen molar-refractivity contribution in [3.05, 3.63) is 0 Å². The van der Waals surface area contributed by atoms with Crippen molar-refractivity contribution in [2.45, 2.75) is 25.7 Å². The Bertz CT molecular complexity index is 303. The van der Waals surface area contributed by atoms with Gasteiger partial charge in [-0.25, -0.2) is 4.79 Å². The van der Waals surface area contributed by atoms with E-state index in [1.807, 2.05) is 0 Å². The van der Waals surface area contributed by atoms with Crippen molar-refractivity contribution in [1.82, 2.24) is 9.80 Å². The Balaban J connectivity index is 2.35.